The fourth-order valence-corrected chi connectivity index (χ4v) is 1.95. The van der Waals surface area contributed by atoms with Crippen LogP contribution in [-0.4, -0.2) is 30.5 Å². The van der Waals surface area contributed by atoms with Gasteiger partial charge < -0.3 is 4.90 Å². The molecule has 0 amide bonds. The molecule has 1 aliphatic rings. The lowest BCUT2D eigenvalue weighted by Crippen LogP contribution is -2.29. The topological polar surface area (TPSA) is 3.24 Å². The van der Waals surface area contributed by atoms with Gasteiger partial charge >= 0.3 is 0 Å². The van der Waals surface area contributed by atoms with Gasteiger partial charge in [-0.3, -0.25) is 0 Å². The van der Waals surface area contributed by atoms with Gasteiger partial charge in [0.1, 0.15) is 0 Å². The zero-order valence-corrected chi connectivity index (χ0v) is 9.39. The van der Waals surface area contributed by atoms with Crippen molar-refractivity contribution in [1.82, 2.24) is 4.90 Å². The van der Waals surface area contributed by atoms with E-state index in [0.29, 0.717) is 18.9 Å². The fraction of sp³-hybridized carbons (Fsp3) is 1.00. The molecule has 1 saturated heterocycles. The van der Waals surface area contributed by atoms with Gasteiger partial charge in [-0.05, 0) is 18.9 Å². The average molecular weight is 205 g/mol. The highest BCUT2D eigenvalue weighted by molar-refractivity contribution is 4.80. The molecule has 3 heteroatoms. The normalized spacial score (nSPS) is 29.1. The van der Waals surface area contributed by atoms with E-state index in [-0.39, 0.29) is 6.42 Å². The van der Waals surface area contributed by atoms with Gasteiger partial charge in [0.05, 0.1) is 0 Å². The number of hydrogen-bond acceptors (Lipinski definition) is 1. The van der Waals surface area contributed by atoms with Crippen molar-refractivity contribution in [3.8, 4) is 0 Å². The molecule has 0 bridgehead atoms. The van der Waals surface area contributed by atoms with Crippen molar-refractivity contribution in [3.05, 3.63) is 0 Å². The standard InChI is InChI=1S/C11H21F2N/c1-9(2)8-14-6-4-10(3)11(12,13)5-7-14/h9-10H,4-8H2,1-3H3. The number of rotatable bonds is 2. The molecule has 1 rings (SSSR count). The van der Waals surface area contributed by atoms with Crippen LogP contribution in [0.5, 0.6) is 0 Å². The predicted molar refractivity (Wildman–Crippen MR) is 54.6 cm³/mol. The van der Waals surface area contributed by atoms with Crippen molar-refractivity contribution in [2.45, 2.75) is 39.5 Å². The van der Waals surface area contributed by atoms with E-state index in [4.69, 9.17) is 0 Å². The van der Waals surface area contributed by atoms with Crippen LogP contribution < -0.4 is 0 Å². The van der Waals surface area contributed by atoms with Gasteiger partial charge in [-0.1, -0.05) is 20.8 Å². The van der Waals surface area contributed by atoms with Crippen LogP contribution in [0.3, 0.4) is 0 Å². The van der Waals surface area contributed by atoms with Gasteiger partial charge in [0.2, 0.25) is 0 Å². The lowest BCUT2D eigenvalue weighted by Gasteiger charge is -2.21. The van der Waals surface area contributed by atoms with E-state index < -0.39 is 11.8 Å². The third-order valence-electron chi connectivity index (χ3n) is 2.98. The van der Waals surface area contributed by atoms with Crippen molar-refractivity contribution in [2.24, 2.45) is 11.8 Å². The summed E-state index contributed by atoms with van der Waals surface area (Å²) in [6.07, 6.45) is 0.653. The summed E-state index contributed by atoms with van der Waals surface area (Å²) in [4.78, 5) is 2.17. The van der Waals surface area contributed by atoms with Crippen LogP contribution >= 0.6 is 0 Å². The molecule has 1 atom stereocenters. The molecule has 0 aromatic rings. The van der Waals surface area contributed by atoms with E-state index in [0.717, 1.165) is 13.1 Å². The Morgan fingerprint density at radius 1 is 1.36 bits per heavy atom. The molecule has 14 heavy (non-hydrogen) atoms. The summed E-state index contributed by atoms with van der Waals surface area (Å²) < 4.78 is 26.7. The molecule has 84 valence electrons. The Morgan fingerprint density at radius 3 is 2.57 bits per heavy atom. The maximum Gasteiger partial charge on any atom is 0.251 e. The molecule has 1 nitrogen and oxygen atoms in total. The van der Waals surface area contributed by atoms with Crippen molar-refractivity contribution in [1.29, 1.82) is 0 Å². The second kappa shape index (κ2) is 4.56. The van der Waals surface area contributed by atoms with E-state index >= 15 is 0 Å². The Balaban J connectivity index is 2.48. The molecule has 0 saturated carbocycles. The number of likely N-dealkylation sites (tertiary alicyclic amines) is 1. The summed E-state index contributed by atoms with van der Waals surface area (Å²) in [5.41, 5.74) is 0. The highest BCUT2D eigenvalue weighted by atomic mass is 19.3. The highest BCUT2D eigenvalue weighted by Gasteiger charge is 2.38. The highest BCUT2D eigenvalue weighted by Crippen LogP contribution is 2.33. The van der Waals surface area contributed by atoms with Gasteiger partial charge in [-0.25, -0.2) is 8.78 Å². The first-order chi connectivity index (χ1) is 6.42. The molecule has 1 fully saturated rings. The van der Waals surface area contributed by atoms with Crippen LogP contribution in [0.4, 0.5) is 8.78 Å². The number of hydrogen-bond donors (Lipinski definition) is 0. The molecular weight excluding hydrogens is 184 g/mol. The summed E-state index contributed by atoms with van der Waals surface area (Å²) in [5, 5.41) is 0. The Kier molecular flexibility index (Phi) is 3.87. The van der Waals surface area contributed by atoms with E-state index in [1.165, 1.54) is 0 Å². The minimum atomic E-state index is -2.45. The zero-order chi connectivity index (χ0) is 10.8. The first kappa shape index (κ1) is 11.9. The lowest BCUT2D eigenvalue weighted by atomic mass is 9.99. The largest absolute Gasteiger partial charge is 0.303 e. The monoisotopic (exact) mass is 205 g/mol. The van der Waals surface area contributed by atoms with Gasteiger partial charge in [0, 0.05) is 25.4 Å². The Labute approximate surface area is 85.5 Å². The van der Waals surface area contributed by atoms with Crippen LogP contribution in [0, 0.1) is 11.8 Å². The molecular formula is C11H21F2N. The molecule has 1 unspecified atom stereocenters. The smallest absolute Gasteiger partial charge is 0.251 e. The molecule has 0 aromatic carbocycles. The molecule has 0 radical (unpaired) electrons. The van der Waals surface area contributed by atoms with Crippen LogP contribution in [0.15, 0.2) is 0 Å². The molecule has 0 aliphatic carbocycles. The van der Waals surface area contributed by atoms with Crippen LogP contribution in [-0.2, 0) is 0 Å². The van der Waals surface area contributed by atoms with E-state index in [1.54, 1.807) is 6.92 Å². The van der Waals surface area contributed by atoms with Crippen molar-refractivity contribution in [3.63, 3.8) is 0 Å². The summed E-state index contributed by atoms with van der Waals surface area (Å²) in [5.74, 6) is -2.34. The van der Waals surface area contributed by atoms with Crippen LogP contribution in [0.25, 0.3) is 0 Å². The number of halogens is 2. The zero-order valence-electron chi connectivity index (χ0n) is 9.39. The predicted octanol–water partition coefficient (Wildman–Crippen LogP) is 3.01. The molecule has 1 heterocycles. The molecule has 0 N–H and O–H groups in total. The van der Waals surface area contributed by atoms with Crippen molar-refractivity contribution < 1.29 is 8.78 Å². The Hall–Kier alpha value is -0.180. The maximum atomic E-state index is 13.3. The minimum absolute atomic E-state index is 0.0287. The number of alkyl halides is 2. The third kappa shape index (κ3) is 3.19. The SMILES string of the molecule is CC(C)CN1CCC(C)C(F)(F)CC1. The first-order valence-corrected chi connectivity index (χ1v) is 5.52. The van der Waals surface area contributed by atoms with Crippen LogP contribution in [0.2, 0.25) is 0 Å². The fourth-order valence-electron chi connectivity index (χ4n) is 1.95. The van der Waals surface area contributed by atoms with E-state index in [9.17, 15) is 8.78 Å². The first-order valence-electron chi connectivity index (χ1n) is 5.52. The van der Waals surface area contributed by atoms with Gasteiger partial charge in [0.25, 0.3) is 5.92 Å². The lowest BCUT2D eigenvalue weighted by molar-refractivity contribution is -0.0545. The Bertz CT molecular complexity index is 180. The molecule has 0 spiro atoms. The average Bonchev–Trinajstić information content (AvgIpc) is 2.17. The summed E-state index contributed by atoms with van der Waals surface area (Å²) >= 11 is 0. The van der Waals surface area contributed by atoms with Crippen molar-refractivity contribution in [2.75, 3.05) is 19.6 Å². The van der Waals surface area contributed by atoms with Gasteiger partial charge in [-0.15, -0.1) is 0 Å². The molecule has 0 aromatic heterocycles. The van der Waals surface area contributed by atoms with Gasteiger partial charge in [0.15, 0.2) is 0 Å². The summed E-state index contributed by atoms with van der Waals surface area (Å²) in [7, 11) is 0. The number of nitrogens with zero attached hydrogens (tertiary/aromatic N) is 1. The molecule has 1 aliphatic heterocycles. The second-order valence-corrected chi connectivity index (χ2v) is 4.90. The maximum absolute atomic E-state index is 13.3. The summed E-state index contributed by atoms with van der Waals surface area (Å²) in [6, 6.07) is 0. The second-order valence-electron chi connectivity index (χ2n) is 4.90. The quantitative estimate of drug-likeness (QED) is 0.670. The van der Waals surface area contributed by atoms with Gasteiger partial charge in [-0.2, -0.15) is 0 Å². The minimum Gasteiger partial charge on any atom is -0.303 e. The third-order valence-corrected chi connectivity index (χ3v) is 2.98. The van der Waals surface area contributed by atoms with Crippen LogP contribution in [0.1, 0.15) is 33.6 Å². The Morgan fingerprint density at radius 2 is 2.00 bits per heavy atom. The van der Waals surface area contributed by atoms with E-state index in [2.05, 4.69) is 18.7 Å². The van der Waals surface area contributed by atoms with E-state index in [1.807, 2.05) is 0 Å². The summed E-state index contributed by atoms with van der Waals surface area (Å²) in [6.45, 7) is 8.26. The van der Waals surface area contributed by atoms with Crippen molar-refractivity contribution >= 4 is 0 Å².